The van der Waals surface area contributed by atoms with Crippen molar-refractivity contribution in [3.8, 4) is 0 Å². The third-order valence-electron chi connectivity index (χ3n) is 2.20. The van der Waals surface area contributed by atoms with Crippen LogP contribution in [-0.4, -0.2) is 32.4 Å². The fourth-order valence-corrected chi connectivity index (χ4v) is 1.35. The number of hydrogen-bond donors (Lipinski definition) is 1. The zero-order chi connectivity index (χ0) is 12.3. The van der Waals surface area contributed by atoms with Crippen LogP contribution >= 0.6 is 0 Å². The molecular formula is C13H23NO3. The number of ether oxygens (including phenoxy) is 2. The van der Waals surface area contributed by atoms with E-state index in [0.717, 1.165) is 31.9 Å². The Kier molecular flexibility index (Phi) is 7.71. The average molecular weight is 241 g/mol. The minimum absolute atomic E-state index is 0.326. The molecule has 1 aromatic rings. The summed E-state index contributed by atoms with van der Waals surface area (Å²) in [6.45, 7) is 8.00. The zero-order valence-corrected chi connectivity index (χ0v) is 10.8. The quantitative estimate of drug-likeness (QED) is 0.638. The van der Waals surface area contributed by atoms with E-state index in [1.165, 1.54) is 0 Å². The third-order valence-corrected chi connectivity index (χ3v) is 2.20. The Labute approximate surface area is 103 Å². The van der Waals surface area contributed by atoms with Crippen LogP contribution in [0, 0.1) is 0 Å². The first-order valence-electron chi connectivity index (χ1n) is 6.21. The molecule has 0 aliphatic carbocycles. The lowest BCUT2D eigenvalue weighted by atomic mass is 10.4. The van der Waals surface area contributed by atoms with E-state index in [0.29, 0.717) is 19.3 Å². The Morgan fingerprint density at radius 1 is 1.29 bits per heavy atom. The van der Waals surface area contributed by atoms with Crippen molar-refractivity contribution in [1.29, 1.82) is 0 Å². The fraction of sp³-hybridized carbons (Fsp3) is 0.692. The number of furan rings is 1. The van der Waals surface area contributed by atoms with Crippen molar-refractivity contribution in [1.82, 2.24) is 5.32 Å². The molecule has 98 valence electrons. The minimum atomic E-state index is 0.326. The first kappa shape index (κ1) is 14.2. The van der Waals surface area contributed by atoms with Gasteiger partial charge in [-0.3, -0.25) is 0 Å². The second-order valence-electron chi connectivity index (χ2n) is 4.16. The molecule has 1 aromatic heterocycles. The van der Waals surface area contributed by atoms with Crippen molar-refractivity contribution in [3.05, 3.63) is 24.2 Å². The first-order valence-corrected chi connectivity index (χ1v) is 6.21. The SMILES string of the molecule is CC(C)OCCCNCCOCc1ccco1. The van der Waals surface area contributed by atoms with Crippen molar-refractivity contribution in [2.75, 3.05) is 26.3 Å². The topological polar surface area (TPSA) is 43.6 Å². The van der Waals surface area contributed by atoms with Gasteiger partial charge in [0.25, 0.3) is 0 Å². The van der Waals surface area contributed by atoms with Crippen LogP contribution in [0.25, 0.3) is 0 Å². The summed E-state index contributed by atoms with van der Waals surface area (Å²) < 4.78 is 16.0. The maximum Gasteiger partial charge on any atom is 0.129 e. The van der Waals surface area contributed by atoms with Gasteiger partial charge in [-0.1, -0.05) is 0 Å². The van der Waals surface area contributed by atoms with E-state index in [4.69, 9.17) is 13.9 Å². The summed E-state index contributed by atoms with van der Waals surface area (Å²) in [5.74, 6) is 0.871. The van der Waals surface area contributed by atoms with Gasteiger partial charge in [0, 0.05) is 13.2 Å². The summed E-state index contributed by atoms with van der Waals surface area (Å²) in [6.07, 6.45) is 3.02. The van der Waals surface area contributed by atoms with Gasteiger partial charge in [0.1, 0.15) is 12.4 Å². The van der Waals surface area contributed by atoms with Crippen molar-refractivity contribution in [3.63, 3.8) is 0 Å². The van der Waals surface area contributed by atoms with Gasteiger partial charge in [0.2, 0.25) is 0 Å². The summed E-state index contributed by atoms with van der Waals surface area (Å²) in [5, 5.41) is 3.30. The van der Waals surface area contributed by atoms with E-state index in [-0.39, 0.29) is 0 Å². The second-order valence-corrected chi connectivity index (χ2v) is 4.16. The van der Waals surface area contributed by atoms with Crippen LogP contribution in [0.3, 0.4) is 0 Å². The molecule has 0 saturated carbocycles. The van der Waals surface area contributed by atoms with Crippen LogP contribution < -0.4 is 5.32 Å². The predicted octanol–water partition coefficient (Wildman–Crippen LogP) is 2.20. The van der Waals surface area contributed by atoms with Gasteiger partial charge in [-0.15, -0.1) is 0 Å². The lowest BCUT2D eigenvalue weighted by Crippen LogP contribution is -2.22. The van der Waals surface area contributed by atoms with E-state index in [9.17, 15) is 0 Å². The zero-order valence-electron chi connectivity index (χ0n) is 10.8. The van der Waals surface area contributed by atoms with Crippen molar-refractivity contribution in [2.45, 2.75) is 33.0 Å². The Hall–Kier alpha value is -0.840. The molecular weight excluding hydrogens is 218 g/mol. The molecule has 0 aliphatic heterocycles. The predicted molar refractivity (Wildman–Crippen MR) is 66.9 cm³/mol. The standard InChI is InChI=1S/C13H23NO3/c1-12(2)16-9-4-6-14-7-10-15-11-13-5-3-8-17-13/h3,5,8,12,14H,4,6-7,9-11H2,1-2H3. The second kappa shape index (κ2) is 9.22. The van der Waals surface area contributed by atoms with Crippen LogP contribution in [0.5, 0.6) is 0 Å². The number of hydrogen-bond acceptors (Lipinski definition) is 4. The monoisotopic (exact) mass is 241 g/mol. The highest BCUT2D eigenvalue weighted by atomic mass is 16.5. The fourth-order valence-electron chi connectivity index (χ4n) is 1.35. The van der Waals surface area contributed by atoms with Crippen LogP contribution in [-0.2, 0) is 16.1 Å². The Balaban J connectivity index is 1.79. The molecule has 1 rings (SSSR count). The highest BCUT2D eigenvalue weighted by molar-refractivity contribution is 4.95. The van der Waals surface area contributed by atoms with Crippen LogP contribution in [0.2, 0.25) is 0 Å². The highest BCUT2D eigenvalue weighted by Gasteiger charge is 1.95. The van der Waals surface area contributed by atoms with Crippen LogP contribution in [0.1, 0.15) is 26.0 Å². The molecule has 4 nitrogen and oxygen atoms in total. The smallest absolute Gasteiger partial charge is 0.129 e. The van der Waals surface area contributed by atoms with E-state index >= 15 is 0 Å². The van der Waals surface area contributed by atoms with Gasteiger partial charge in [-0.2, -0.15) is 0 Å². The van der Waals surface area contributed by atoms with E-state index < -0.39 is 0 Å². The lowest BCUT2D eigenvalue weighted by Gasteiger charge is -2.08. The Morgan fingerprint density at radius 3 is 2.88 bits per heavy atom. The highest BCUT2D eigenvalue weighted by Crippen LogP contribution is 2.00. The molecule has 0 atom stereocenters. The van der Waals surface area contributed by atoms with Crippen molar-refractivity contribution < 1.29 is 13.9 Å². The number of nitrogens with one attached hydrogen (secondary N) is 1. The van der Waals surface area contributed by atoms with Gasteiger partial charge < -0.3 is 19.2 Å². The maximum atomic E-state index is 5.44. The molecule has 17 heavy (non-hydrogen) atoms. The van der Waals surface area contributed by atoms with E-state index in [1.54, 1.807) is 6.26 Å². The van der Waals surface area contributed by atoms with Crippen molar-refractivity contribution in [2.24, 2.45) is 0 Å². The van der Waals surface area contributed by atoms with Gasteiger partial charge in [-0.25, -0.2) is 0 Å². The molecule has 1 N–H and O–H groups in total. The summed E-state index contributed by atoms with van der Waals surface area (Å²) in [5.41, 5.74) is 0. The molecule has 0 aromatic carbocycles. The normalized spacial score (nSPS) is 11.2. The van der Waals surface area contributed by atoms with E-state index in [2.05, 4.69) is 19.2 Å². The van der Waals surface area contributed by atoms with Crippen molar-refractivity contribution >= 4 is 0 Å². The molecule has 4 heteroatoms. The molecule has 1 heterocycles. The third kappa shape index (κ3) is 7.96. The first-order chi connectivity index (χ1) is 8.29. The Morgan fingerprint density at radius 2 is 2.18 bits per heavy atom. The minimum Gasteiger partial charge on any atom is -0.467 e. The molecule has 0 saturated heterocycles. The molecule has 0 unspecified atom stereocenters. The molecule has 0 fully saturated rings. The van der Waals surface area contributed by atoms with Gasteiger partial charge in [0.05, 0.1) is 19.0 Å². The molecule has 0 amide bonds. The number of rotatable bonds is 10. The summed E-state index contributed by atoms with van der Waals surface area (Å²) in [4.78, 5) is 0. The molecule has 0 spiro atoms. The lowest BCUT2D eigenvalue weighted by molar-refractivity contribution is 0.0758. The molecule has 0 aliphatic rings. The average Bonchev–Trinajstić information content (AvgIpc) is 2.79. The van der Waals surface area contributed by atoms with Crippen LogP contribution in [0.4, 0.5) is 0 Å². The largest absolute Gasteiger partial charge is 0.467 e. The molecule has 0 radical (unpaired) electrons. The van der Waals surface area contributed by atoms with Gasteiger partial charge in [-0.05, 0) is 38.9 Å². The van der Waals surface area contributed by atoms with Gasteiger partial charge >= 0.3 is 0 Å². The van der Waals surface area contributed by atoms with Crippen LogP contribution in [0.15, 0.2) is 22.8 Å². The molecule has 0 bridgehead atoms. The maximum absolute atomic E-state index is 5.44. The summed E-state index contributed by atoms with van der Waals surface area (Å²) in [6, 6.07) is 3.78. The van der Waals surface area contributed by atoms with Gasteiger partial charge in [0.15, 0.2) is 0 Å². The summed E-state index contributed by atoms with van der Waals surface area (Å²) >= 11 is 0. The summed E-state index contributed by atoms with van der Waals surface area (Å²) in [7, 11) is 0. The van der Waals surface area contributed by atoms with E-state index in [1.807, 2.05) is 12.1 Å². The Bertz CT molecular complexity index is 260.